The lowest BCUT2D eigenvalue weighted by Gasteiger charge is -2.18. The van der Waals surface area contributed by atoms with E-state index in [9.17, 15) is 14.4 Å². The van der Waals surface area contributed by atoms with Gasteiger partial charge in [0.25, 0.3) is 0 Å². The normalized spacial score (nSPS) is 13.3. The lowest BCUT2D eigenvalue weighted by Crippen LogP contribution is -2.30. The number of carbonyl (C=O) groups excluding carboxylic acids is 3. The number of esters is 3. The molecule has 6 heteroatoms. The van der Waals surface area contributed by atoms with E-state index in [0.717, 1.165) is 109 Å². The van der Waals surface area contributed by atoms with Crippen molar-refractivity contribution in [2.45, 2.75) is 187 Å². The number of ether oxygens (including phenoxy) is 3. The van der Waals surface area contributed by atoms with E-state index in [1.54, 1.807) is 0 Å². The predicted molar refractivity (Wildman–Crippen MR) is 265 cm³/mol. The van der Waals surface area contributed by atoms with Gasteiger partial charge in [0.2, 0.25) is 0 Å². The lowest BCUT2D eigenvalue weighted by molar-refractivity contribution is -0.167. The third-order valence-electron chi connectivity index (χ3n) is 9.46. The van der Waals surface area contributed by atoms with Gasteiger partial charge in [0.15, 0.2) is 6.10 Å². The van der Waals surface area contributed by atoms with Crippen LogP contribution in [0.2, 0.25) is 0 Å². The molecule has 0 aliphatic heterocycles. The van der Waals surface area contributed by atoms with E-state index in [1.165, 1.54) is 25.7 Å². The smallest absolute Gasteiger partial charge is 0.306 e. The molecule has 0 amide bonds. The van der Waals surface area contributed by atoms with Crippen molar-refractivity contribution in [2.75, 3.05) is 13.2 Å². The van der Waals surface area contributed by atoms with E-state index in [-0.39, 0.29) is 44.0 Å². The van der Waals surface area contributed by atoms with Crippen molar-refractivity contribution in [3.63, 3.8) is 0 Å². The van der Waals surface area contributed by atoms with E-state index in [2.05, 4.69) is 118 Å². The molecule has 0 aliphatic carbocycles. The zero-order chi connectivity index (χ0) is 45.1. The van der Waals surface area contributed by atoms with Crippen LogP contribution in [0.5, 0.6) is 0 Å². The molecule has 346 valence electrons. The zero-order valence-electron chi connectivity index (χ0n) is 39.3. The van der Waals surface area contributed by atoms with Crippen LogP contribution in [0.1, 0.15) is 181 Å². The lowest BCUT2D eigenvalue weighted by atomic mass is 10.1. The van der Waals surface area contributed by atoms with E-state index in [0.29, 0.717) is 12.8 Å². The second-order valence-electron chi connectivity index (χ2n) is 15.3. The highest BCUT2D eigenvalue weighted by molar-refractivity contribution is 5.71. The van der Waals surface area contributed by atoms with E-state index >= 15 is 0 Å². The van der Waals surface area contributed by atoms with E-state index in [1.807, 2.05) is 36.5 Å². The molecule has 0 heterocycles. The van der Waals surface area contributed by atoms with Gasteiger partial charge in [0, 0.05) is 19.3 Å². The molecule has 0 spiro atoms. The summed E-state index contributed by atoms with van der Waals surface area (Å²) in [5, 5.41) is 0. The number of hydrogen-bond donors (Lipinski definition) is 0. The predicted octanol–water partition coefficient (Wildman–Crippen LogP) is 15.9. The van der Waals surface area contributed by atoms with Crippen molar-refractivity contribution in [3.05, 3.63) is 134 Å². The Morgan fingerprint density at radius 1 is 0.355 bits per heavy atom. The summed E-state index contributed by atoms with van der Waals surface area (Å²) in [6.07, 6.45) is 68.7. The first-order valence-corrected chi connectivity index (χ1v) is 24.2. The van der Waals surface area contributed by atoms with Crippen LogP contribution in [-0.2, 0) is 28.6 Å². The van der Waals surface area contributed by atoms with Gasteiger partial charge < -0.3 is 14.2 Å². The third kappa shape index (κ3) is 46.6. The Morgan fingerprint density at radius 3 is 1.24 bits per heavy atom. The van der Waals surface area contributed by atoms with Crippen molar-refractivity contribution < 1.29 is 28.6 Å². The minimum Gasteiger partial charge on any atom is -0.462 e. The number of carbonyl (C=O) groups is 3. The van der Waals surface area contributed by atoms with Gasteiger partial charge in [0.05, 0.1) is 0 Å². The summed E-state index contributed by atoms with van der Waals surface area (Å²) in [5.41, 5.74) is 0. The Morgan fingerprint density at radius 2 is 0.726 bits per heavy atom. The van der Waals surface area contributed by atoms with Crippen molar-refractivity contribution >= 4 is 17.9 Å². The first kappa shape index (κ1) is 57.5. The van der Waals surface area contributed by atoms with E-state index < -0.39 is 6.10 Å². The monoisotopic (exact) mass is 855 g/mol. The standard InChI is InChI=1S/C56H86O6/c1-4-7-10-13-16-19-22-25-27-28-29-32-34-37-40-43-46-49-55(58)61-52-53(51-60-54(57)48-45-42-39-36-33-30-24-21-18-15-12-9-6-3)62-56(59)50-47-44-41-38-35-31-26-23-20-17-14-11-8-5-2/h8-9,11-12,15-21,24-27,29-33,37,40,53H,4-7,10,13-14,22-23,28,34-36,38-39,41-52H2,1-3H3/b11-8+,12-9+,18-15+,19-16+,20-17+,24-21+,27-25+,31-26+,32-29+,33-30+,40-37+. The van der Waals surface area contributed by atoms with Gasteiger partial charge in [-0.3, -0.25) is 14.4 Å². The van der Waals surface area contributed by atoms with Crippen LogP contribution in [0.15, 0.2) is 134 Å². The molecule has 0 aromatic heterocycles. The first-order valence-electron chi connectivity index (χ1n) is 24.2. The van der Waals surface area contributed by atoms with Gasteiger partial charge in [-0.1, -0.05) is 187 Å². The number of hydrogen-bond acceptors (Lipinski definition) is 6. The van der Waals surface area contributed by atoms with Crippen LogP contribution in [0.4, 0.5) is 0 Å². The summed E-state index contributed by atoms with van der Waals surface area (Å²) in [4.78, 5) is 37.9. The van der Waals surface area contributed by atoms with Crippen molar-refractivity contribution in [1.82, 2.24) is 0 Å². The summed E-state index contributed by atoms with van der Waals surface area (Å²) in [7, 11) is 0. The molecule has 62 heavy (non-hydrogen) atoms. The zero-order valence-corrected chi connectivity index (χ0v) is 39.3. The SMILES string of the molecule is CC/C=C/C=C/C=C/C=C/CCCCCC(=O)OCC(COC(=O)CCC/C=C/C/C=C/C/C=C/C/C=C/CCCCC)OC(=O)CCCCCC/C=C/C/C=C/C/C=C/CC. The van der Waals surface area contributed by atoms with E-state index in [4.69, 9.17) is 14.2 Å². The fraction of sp³-hybridized carbons (Fsp3) is 0.554. The highest BCUT2D eigenvalue weighted by atomic mass is 16.6. The molecule has 0 N–H and O–H groups in total. The van der Waals surface area contributed by atoms with Crippen LogP contribution in [0.25, 0.3) is 0 Å². The molecular formula is C56H86O6. The molecule has 0 aromatic carbocycles. The Labute approximate surface area is 379 Å². The maximum absolute atomic E-state index is 12.8. The van der Waals surface area contributed by atoms with Gasteiger partial charge in [-0.2, -0.15) is 0 Å². The van der Waals surface area contributed by atoms with Crippen LogP contribution in [0, 0.1) is 0 Å². The summed E-state index contributed by atoms with van der Waals surface area (Å²) in [6, 6.07) is 0. The molecule has 0 rings (SSSR count). The molecule has 0 saturated carbocycles. The minimum atomic E-state index is -0.832. The molecule has 1 atom stereocenters. The summed E-state index contributed by atoms with van der Waals surface area (Å²) in [6.45, 7) is 6.22. The molecule has 0 radical (unpaired) electrons. The largest absolute Gasteiger partial charge is 0.462 e. The second-order valence-corrected chi connectivity index (χ2v) is 15.3. The molecule has 6 nitrogen and oxygen atoms in total. The average molecular weight is 855 g/mol. The van der Waals surface area contributed by atoms with Crippen molar-refractivity contribution in [2.24, 2.45) is 0 Å². The van der Waals surface area contributed by atoms with Crippen molar-refractivity contribution in [3.8, 4) is 0 Å². The Hall–Kier alpha value is -4.45. The van der Waals surface area contributed by atoms with Crippen LogP contribution in [0.3, 0.4) is 0 Å². The first-order chi connectivity index (χ1) is 30.5. The van der Waals surface area contributed by atoms with Gasteiger partial charge in [0.1, 0.15) is 13.2 Å². The number of rotatable bonds is 41. The molecule has 1 unspecified atom stereocenters. The Bertz CT molecular complexity index is 1400. The molecule has 0 bridgehead atoms. The van der Waals surface area contributed by atoms with Crippen LogP contribution >= 0.6 is 0 Å². The van der Waals surface area contributed by atoms with Gasteiger partial charge in [-0.05, 0) is 109 Å². The Balaban J connectivity index is 4.60. The quantitative estimate of drug-likeness (QED) is 0.0200. The van der Waals surface area contributed by atoms with Gasteiger partial charge >= 0.3 is 17.9 Å². The minimum absolute atomic E-state index is 0.130. The number of unbranched alkanes of at least 4 members (excludes halogenated alkanes) is 11. The molecule has 0 fully saturated rings. The third-order valence-corrected chi connectivity index (χ3v) is 9.46. The van der Waals surface area contributed by atoms with Crippen LogP contribution < -0.4 is 0 Å². The fourth-order valence-electron chi connectivity index (χ4n) is 5.87. The highest BCUT2D eigenvalue weighted by Gasteiger charge is 2.19. The summed E-state index contributed by atoms with van der Waals surface area (Å²) >= 11 is 0. The summed E-state index contributed by atoms with van der Waals surface area (Å²) < 4.78 is 16.6. The maximum Gasteiger partial charge on any atom is 0.306 e. The average Bonchev–Trinajstić information content (AvgIpc) is 3.27. The Kier molecular flexibility index (Phi) is 45.7. The summed E-state index contributed by atoms with van der Waals surface area (Å²) in [5.74, 6) is -1.06. The maximum atomic E-state index is 12.8. The molecule has 0 aromatic rings. The fourth-order valence-corrected chi connectivity index (χ4v) is 5.87. The van der Waals surface area contributed by atoms with Crippen molar-refractivity contribution in [1.29, 1.82) is 0 Å². The van der Waals surface area contributed by atoms with Gasteiger partial charge in [-0.25, -0.2) is 0 Å². The highest BCUT2D eigenvalue weighted by Crippen LogP contribution is 2.11. The second kappa shape index (κ2) is 49.2. The van der Waals surface area contributed by atoms with Gasteiger partial charge in [-0.15, -0.1) is 0 Å². The topological polar surface area (TPSA) is 78.9 Å². The van der Waals surface area contributed by atoms with Crippen LogP contribution in [-0.4, -0.2) is 37.2 Å². The molecular weight excluding hydrogens is 769 g/mol. The molecule has 0 saturated heterocycles. The number of allylic oxidation sites excluding steroid dienone is 22. The molecule has 0 aliphatic rings.